The molecule has 0 heterocycles. The second-order valence-corrected chi connectivity index (χ2v) is 12.8. The summed E-state index contributed by atoms with van der Waals surface area (Å²) in [6, 6.07) is 54.8. The van der Waals surface area contributed by atoms with Gasteiger partial charge in [0.1, 0.15) is 5.71 Å². The molecule has 0 aliphatic heterocycles. The number of nitrogens with zero attached hydrogens (tertiary/aromatic N) is 2. The Labute approximate surface area is 309 Å². The zero-order chi connectivity index (χ0) is 36.0. The molecule has 4 nitrogen and oxygen atoms in total. The topological polar surface area (TPSA) is 60.6 Å². The van der Waals surface area contributed by atoms with Crippen LogP contribution in [0, 0.1) is 5.41 Å². The van der Waals surface area contributed by atoms with Crippen LogP contribution < -0.4 is 5.43 Å². The van der Waals surface area contributed by atoms with Gasteiger partial charge in [-0.3, -0.25) is 15.8 Å². The Bertz CT molecular complexity index is 2660. The molecule has 4 heteroatoms. The van der Waals surface area contributed by atoms with Crippen molar-refractivity contribution in [2.24, 2.45) is 10.1 Å². The molecule has 0 fully saturated rings. The third-order valence-corrected chi connectivity index (χ3v) is 9.38. The summed E-state index contributed by atoms with van der Waals surface area (Å²) >= 11 is 0. The first-order valence-electron chi connectivity index (χ1n) is 17.6. The van der Waals surface area contributed by atoms with Crippen molar-refractivity contribution in [2.75, 3.05) is 5.43 Å². The highest BCUT2D eigenvalue weighted by molar-refractivity contribution is 6.63. The summed E-state index contributed by atoms with van der Waals surface area (Å²) in [6.45, 7) is 3.68. The molecule has 53 heavy (non-hydrogen) atoms. The lowest BCUT2D eigenvalue weighted by Crippen LogP contribution is -2.19. The molecule has 0 amide bonds. The van der Waals surface area contributed by atoms with Crippen LogP contribution in [-0.2, 0) is 0 Å². The Morgan fingerprint density at radius 1 is 0.566 bits per heavy atom. The number of benzene rings is 7. The molecule has 2 N–H and O–H groups in total. The minimum absolute atomic E-state index is 0.322. The van der Waals surface area contributed by atoms with Crippen LogP contribution in [0.2, 0.25) is 0 Å². The SMILES string of the molecule is C=CC=N/C=C/c1cccc(N/N=C2\C(=N)C=C(c3cc(-c4ccccc4)cc4ccccc34)C=C2c2cc(-c3ccccc3)cc3ccccc23)c1. The Hall–Kier alpha value is -7.17. The summed E-state index contributed by atoms with van der Waals surface area (Å²) in [4.78, 5) is 4.20. The van der Waals surface area contributed by atoms with Crippen LogP contribution in [0.25, 0.3) is 61.0 Å². The van der Waals surface area contributed by atoms with Gasteiger partial charge in [-0.25, -0.2) is 0 Å². The van der Waals surface area contributed by atoms with Gasteiger partial charge in [0.15, 0.2) is 0 Å². The maximum Gasteiger partial charge on any atom is 0.116 e. The monoisotopic (exact) mass is 680 g/mol. The molecule has 0 radical (unpaired) electrons. The number of anilines is 1. The van der Waals surface area contributed by atoms with Gasteiger partial charge in [-0.1, -0.05) is 134 Å². The quantitative estimate of drug-likeness (QED) is 0.0890. The van der Waals surface area contributed by atoms with Crippen LogP contribution in [0.5, 0.6) is 0 Å². The normalized spacial score (nSPS) is 13.9. The van der Waals surface area contributed by atoms with Crippen LogP contribution in [0.3, 0.4) is 0 Å². The first-order valence-corrected chi connectivity index (χ1v) is 17.6. The number of aliphatic imine (C=N–C) groups is 1. The summed E-state index contributed by atoms with van der Waals surface area (Å²) in [5.41, 5.74) is 14.4. The van der Waals surface area contributed by atoms with Gasteiger partial charge >= 0.3 is 0 Å². The van der Waals surface area contributed by atoms with Gasteiger partial charge in [0.25, 0.3) is 0 Å². The summed E-state index contributed by atoms with van der Waals surface area (Å²) in [6.07, 6.45) is 11.1. The largest absolute Gasteiger partial charge is 0.299 e. The minimum Gasteiger partial charge on any atom is -0.299 e. The van der Waals surface area contributed by atoms with E-state index in [-0.39, 0.29) is 0 Å². The van der Waals surface area contributed by atoms with Gasteiger partial charge < -0.3 is 0 Å². The van der Waals surface area contributed by atoms with E-state index in [1.54, 1.807) is 18.5 Å². The van der Waals surface area contributed by atoms with Crippen LogP contribution in [0.1, 0.15) is 16.7 Å². The number of nitrogens with one attached hydrogen (secondary N) is 2. The Kier molecular flexibility index (Phi) is 9.33. The summed E-state index contributed by atoms with van der Waals surface area (Å²) < 4.78 is 0. The Morgan fingerprint density at radius 2 is 1.17 bits per heavy atom. The fourth-order valence-electron chi connectivity index (χ4n) is 6.87. The van der Waals surface area contributed by atoms with E-state index in [9.17, 15) is 5.41 Å². The molecule has 0 aromatic heterocycles. The average molecular weight is 681 g/mol. The molecule has 0 unspecified atom stereocenters. The molecule has 0 spiro atoms. The van der Waals surface area contributed by atoms with Crippen molar-refractivity contribution in [1.82, 2.24) is 0 Å². The van der Waals surface area contributed by atoms with Crippen LogP contribution in [0.15, 0.2) is 199 Å². The standard InChI is InChI=1S/C49H36N4/c1-2-25-51-26-24-34-14-13-21-42(27-34)52-53-49-47(46-31-40(36-17-7-4-8-18-36)29-38-20-10-12-23-44(38)46)32-41(33-48(49)50)45-30-39(35-15-5-3-6-16-35)28-37-19-9-11-22-43(37)45/h2-33,50,52H,1H2/b26-24+,50-48?,51-25?,53-49-. The molecule has 7 aromatic carbocycles. The van der Waals surface area contributed by atoms with Crippen LogP contribution >= 0.6 is 0 Å². The van der Waals surface area contributed by atoms with E-state index in [4.69, 9.17) is 5.10 Å². The van der Waals surface area contributed by atoms with Crippen molar-refractivity contribution in [3.05, 3.63) is 205 Å². The second-order valence-electron chi connectivity index (χ2n) is 12.8. The molecule has 1 aliphatic carbocycles. The van der Waals surface area contributed by atoms with E-state index < -0.39 is 0 Å². The van der Waals surface area contributed by atoms with Gasteiger partial charge in [-0.2, -0.15) is 5.10 Å². The maximum absolute atomic E-state index is 9.57. The Morgan fingerprint density at radius 3 is 1.83 bits per heavy atom. The van der Waals surface area contributed by atoms with E-state index in [1.807, 2.05) is 48.6 Å². The van der Waals surface area contributed by atoms with E-state index in [0.717, 1.165) is 77.3 Å². The lowest BCUT2D eigenvalue weighted by atomic mass is 9.83. The van der Waals surface area contributed by atoms with Gasteiger partial charge in [0, 0.05) is 18.0 Å². The highest BCUT2D eigenvalue weighted by atomic mass is 15.3. The number of hydrogen-bond acceptors (Lipinski definition) is 4. The number of hydrazone groups is 1. The molecular formula is C49H36N4. The molecule has 8 rings (SSSR count). The minimum atomic E-state index is 0.322. The summed E-state index contributed by atoms with van der Waals surface area (Å²) in [5, 5.41) is 19.0. The Balaban J connectivity index is 1.31. The number of rotatable bonds is 9. The fraction of sp³-hybridized carbons (Fsp3) is 0. The summed E-state index contributed by atoms with van der Waals surface area (Å²) in [7, 11) is 0. The molecule has 0 bridgehead atoms. The first kappa shape index (κ1) is 33.0. The van der Waals surface area contributed by atoms with E-state index >= 15 is 0 Å². The predicted octanol–water partition coefficient (Wildman–Crippen LogP) is 12.5. The van der Waals surface area contributed by atoms with Gasteiger partial charge in [0.05, 0.1) is 11.4 Å². The number of fused-ring (bicyclic) bond motifs is 2. The summed E-state index contributed by atoms with van der Waals surface area (Å²) in [5.74, 6) is 0. The molecule has 0 saturated heterocycles. The van der Waals surface area contributed by atoms with Gasteiger partial charge in [-0.05, 0) is 121 Å². The molecule has 7 aromatic rings. The third kappa shape index (κ3) is 7.07. The molecule has 252 valence electrons. The average Bonchev–Trinajstić information content (AvgIpc) is 3.21. The zero-order valence-electron chi connectivity index (χ0n) is 29.1. The van der Waals surface area contributed by atoms with Crippen LogP contribution in [0.4, 0.5) is 5.69 Å². The van der Waals surface area contributed by atoms with Crippen molar-refractivity contribution in [1.29, 1.82) is 5.41 Å². The van der Waals surface area contributed by atoms with Crippen molar-refractivity contribution >= 4 is 62.1 Å². The highest BCUT2D eigenvalue weighted by Crippen LogP contribution is 2.39. The molecular weight excluding hydrogens is 645 g/mol. The fourth-order valence-corrected chi connectivity index (χ4v) is 6.87. The lowest BCUT2D eigenvalue weighted by molar-refractivity contribution is 1.34. The predicted molar refractivity (Wildman–Crippen MR) is 228 cm³/mol. The molecule has 0 atom stereocenters. The maximum atomic E-state index is 9.57. The second kappa shape index (κ2) is 15.0. The third-order valence-electron chi connectivity index (χ3n) is 9.38. The first-order chi connectivity index (χ1) is 26.1. The highest BCUT2D eigenvalue weighted by Gasteiger charge is 2.24. The lowest BCUT2D eigenvalue weighted by Gasteiger charge is -2.22. The van der Waals surface area contributed by atoms with E-state index in [1.165, 1.54) is 0 Å². The number of hydrogen-bond donors (Lipinski definition) is 2. The van der Waals surface area contributed by atoms with Crippen molar-refractivity contribution < 1.29 is 0 Å². The van der Waals surface area contributed by atoms with E-state index in [0.29, 0.717) is 11.4 Å². The smallest absolute Gasteiger partial charge is 0.116 e. The van der Waals surface area contributed by atoms with Gasteiger partial charge in [0.2, 0.25) is 0 Å². The van der Waals surface area contributed by atoms with Gasteiger partial charge in [-0.15, -0.1) is 0 Å². The molecule has 1 aliphatic rings. The van der Waals surface area contributed by atoms with Crippen LogP contribution in [-0.4, -0.2) is 17.6 Å². The number of allylic oxidation sites excluding steroid dienone is 5. The van der Waals surface area contributed by atoms with E-state index in [2.05, 4.69) is 144 Å². The van der Waals surface area contributed by atoms with Crippen molar-refractivity contribution in [3.63, 3.8) is 0 Å². The van der Waals surface area contributed by atoms with Crippen molar-refractivity contribution in [3.8, 4) is 22.3 Å². The van der Waals surface area contributed by atoms with Crippen molar-refractivity contribution in [2.45, 2.75) is 0 Å². The molecule has 0 saturated carbocycles. The zero-order valence-corrected chi connectivity index (χ0v) is 29.1.